The molecule has 3 aliphatic rings. The second-order valence-electron chi connectivity index (χ2n) is 9.24. The Hall–Kier alpha value is -3.30. The molecule has 0 saturated carbocycles. The number of nitrogens with one attached hydrogen (secondary N) is 1. The van der Waals surface area contributed by atoms with Crippen LogP contribution in [-0.4, -0.2) is 45.2 Å². The molecule has 0 aliphatic carbocycles. The highest BCUT2D eigenvalue weighted by atomic mass is 32.1. The highest BCUT2D eigenvalue weighted by Gasteiger charge is 2.64. The van der Waals surface area contributed by atoms with E-state index in [1.165, 1.54) is 23.0 Å². The molecule has 1 aromatic carbocycles. The van der Waals surface area contributed by atoms with Crippen molar-refractivity contribution in [3.63, 3.8) is 0 Å². The van der Waals surface area contributed by atoms with E-state index in [9.17, 15) is 19.8 Å². The normalized spacial score (nSPS) is 22.7. The number of esters is 1. The van der Waals surface area contributed by atoms with Crippen LogP contribution in [0.4, 0.5) is 5.69 Å². The molecule has 3 aromatic rings. The molecule has 1 spiro atoms. The average molecular weight is 480 g/mol. The number of para-hydroxylation sites is 1. The number of aryl methyl sites for hydroxylation is 2. The van der Waals surface area contributed by atoms with Crippen LogP contribution in [0.2, 0.25) is 0 Å². The summed E-state index contributed by atoms with van der Waals surface area (Å²) in [6.07, 6.45) is 1.63. The zero-order chi connectivity index (χ0) is 24.1. The van der Waals surface area contributed by atoms with Crippen molar-refractivity contribution >= 4 is 28.9 Å². The van der Waals surface area contributed by atoms with Crippen LogP contribution in [0.5, 0.6) is 11.8 Å². The molecule has 34 heavy (non-hydrogen) atoms. The molecule has 0 radical (unpaired) electrons. The van der Waals surface area contributed by atoms with Gasteiger partial charge in [0.2, 0.25) is 11.8 Å². The summed E-state index contributed by atoms with van der Waals surface area (Å²) in [5, 5.41) is 26.7. The maximum absolute atomic E-state index is 13.8. The standard InChI is InChI=1S/C25H25N3O5S/c1-11-7-5-8-14-19(11)26-24(32)25(14)18-17(15-9-6-10-27(15)25)20(29)28(21(18)30)22-16(23(31)33-4)12(2)13(3)34-22/h5,7-8,15,29-30H,6,9-10H2,1-4H3,(H,26,32)/t15-,25+/m0/s1. The van der Waals surface area contributed by atoms with Crippen molar-refractivity contribution in [2.75, 3.05) is 19.0 Å². The highest BCUT2D eigenvalue weighted by molar-refractivity contribution is 7.15. The summed E-state index contributed by atoms with van der Waals surface area (Å²) in [5.41, 5.74) is 3.21. The lowest BCUT2D eigenvalue weighted by molar-refractivity contribution is -0.125. The summed E-state index contributed by atoms with van der Waals surface area (Å²) in [5.74, 6) is -1.14. The monoisotopic (exact) mass is 479 g/mol. The van der Waals surface area contributed by atoms with Gasteiger partial charge in [0.15, 0.2) is 5.54 Å². The Bertz CT molecular complexity index is 1420. The van der Waals surface area contributed by atoms with E-state index in [4.69, 9.17) is 4.74 Å². The van der Waals surface area contributed by atoms with Gasteiger partial charge in [-0.1, -0.05) is 18.2 Å². The van der Waals surface area contributed by atoms with Gasteiger partial charge < -0.3 is 20.3 Å². The largest absolute Gasteiger partial charge is 0.494 e. The molecule has 8 nitrogen and oxygen atoms in total. The molecule has 3 N–H and O–H groups in total. The number of carbonyl (C=O) groups is 2. The fourth-order valence-electron chi connectivity index (χ4n) is 6.15. The minimum atomic E-state index is -1.24. The van der Waals surface area contributed by atoms with Crippen LogP contribution in [0.1, 0.15) is 61.9 Å². The fourth-order valence-corrected chi connectivity index (χ4v) is 7.29. The Morgan fingerprint density at radius 1 is 1.24 bits per heavy atom. The number of aromatic nitrogens is 1. The third kappa shape index (κ3) is 2.26. The van der Waals surface area contributed by atoms with Gasteiger partial charge in [0.05, 0.1) is 18.2 Å². The van der Waals surface area contributed by atoms with Crippen molar-refractivity contribution in [1.29, 1.82) is 0 Å². The summed E-state index contributed by atoms with van der Waals surface area (Å²) >= 11 is 1.30. The van der Waals surface area contributed by atoms with E-state index in [1.54, 1.807) is 0 Å². The molecule has 2 aromatic heterocycles. The van der Waals surface area contributed by atoms with Crippen LogP contribution in [-0.2, 0) is 15.1 Å². The second kappa shape index (κ2) is 6.86. The van der Waals surface area contributed by atoms with Crippen LogP contribution in [0, 0.1) is 20.8 Å². The van der Waals surface area contributed by atoms with Gasteiger partial charge >= 0.3 is 5.97 Å². The Morgan fingerprint density at radius 3 is 2.74 bits per heavy atom. The number of nitrogens with zero attached hydrogens (tertiary/aromatic N) is 2. The lowest BCUT2D eigenvalue weighted by Gasteiger charge is -2.34. The van der Waals surface area contributed by atoms with Crippen molar-refractivity contribution in [2.24, 2.45) is 0 Å². The fraction of sp³-hybridized carbons (Fsp3) is 0.360. The quantitative estimate of drug-likeness (QED) is 0.480. The second-order valence-corrected chi connectivity index (χ2v) is 10.4. The van der Waals surface area contributed by atoms with Crippen LogP contribution in [0.3, 0.4) is 0 Å². The summed E-state index contributed by atoms with van der Waals surface area (Å²) in [4.78, 5) is 29.4. The maximum Gasteiger partial charge on any atom is 0.341 e. The van der Waals surface area contributed by atoms with Crippen LogP contribution >= 0.6 is 11.3 Å². The number of hydrogen-bond acceptors (Lipinski definition) is 7. The Morgan fingerprint density at radius 2 is 2.00 bits per heavy atom. The summed E-state index contributed by atoms with van der Waals surface area (Å²) in [7, 11) is 1.31. The van der Waals surface area contributed by atoms with E-state index in [0.29, 0.717) is 28.2 Å². The molecule has 6 rings (SSSR count). The first kappa shape index (κ1) is 21.2. The van der Waals surface area contributed by atoms with Crippen molar-refractivity contribution in [2.45, 2.75) is 45.2 Å². The SMILES string of the molecule is COC(=O)c1c(-n2c(O)c3c(c2O)[C@]2(C(=O)Nc4c(C)cccc42)N2CCC[C@@H]32)sc(C)c1C. The van der Waals surface area contributed by atoms with E-state index in [-0.39, 0.29) is 23.7 Å². The van der Waals surface area contributed by atoms with Gasteiger partial charge in [0.1, 0.15) is 5.00 Å². The molecular weight excluding hydrogens is 454 g/mol. The first-order chi connectivity index (χ1) is 16.2. The lowest BCUT2D eigenvalue weighted by Crippen LogP contribution is -2.47. The number of hydrogen-bond donors (Lipinski definition) is 3. The molecular formula is C25H25N3O5S. The van der Waals surface area contributed by atoms with E-state index in [1.807, 2.05) is 39.0 Å². The lowest BCUT2D eigenvalue weighted by atomic mass is 9.84. The molecule has 3 aliphatic heterocycles. The molecule has 0 unspecified atom stereocenters. The van der Waals surface area contributed by atoms with Gasteiger partial charge in [-0.05, 0) is 44.7 Å². The van der Waals surface area contributed by atoms with Gasteiger partial charge in [-0.15, -0.1) is 11.3 Å². The molecule has 1 fully saturated rings. The number of amides is 1. The zero-order valence-electron chi connectivity index (χ0n) is 19.4. The van der Waals surface area contributed by atoms with Gasteiger partial charge in [-0.2, -0.15) is 0 Å². The van der Waals surface area contributed by atoms with Gasteiger partial charge in [-0.25, -0.2) is 9.36 Å². The minimum absolute atomic E-state index is 0.137. The first-order valence-electron chi connectivity index (χ1n) is 11.3. The molecule has 0 bridgehead atoms. The topological polar surface area (TPSA) is 104 Å². The number of methoxy groups -OCH3 is 1. The van der Waals surface area contributed by atoms with Gasteiger partial charge in [0.25, 0.3) is 5.91 Å². The summed E-state index contributed by atoms with van der Waals surface area (Å²) < 4.78 is 6.33. The number of thiophene rings is 1. The number of benzene rings is 1. The number of aromatic hydroxyl groups is 2. The first-order valence-corrected chi connectivity index (χ1v) is 12.1. The molecule has 2 atom stereocenters. The van der Waals surface area contributed by atoms with Gasteiger partial charge in [-0.3, -0.25) is 9.69 Å². The Labute approximate surface area is 200 Å². The zero-order valence-corrected chi connectivity index (χ0v) is 20.2. The smallest absolute Gasteiger partial charge is 0.341 e. The van der Waals surface area contributed by atoms with Crippen LogP contribution in [0.25, 0.3) is 5.00 Å². The van der Waals surface area contributed by atoms with Crippen LogP contribution in [0.15, 0.2) is 18.2 Å². The third-order valence-corrected chi connectivity index (χ3v) is 8.92. The van der Waals surface area contributed by atoms with E-state index in [2.05, 4.69) is 10.2 Å². The highest BCUT2D eigenvalue weighted by Crippen LogP contribution is 2.64. The number of anilines is 1. The summed E-state index contributed by atoms with van der Waals surface area (Å²) in [6, 6.07) is 5.55. The van der Waals surface area contributed by atoms with Gasteiger partial charge in [0, 0.05) is 34.3 Å². The van der Waals surface area contributed by atoms with Crippen molar-refractivity contribution in [3.05, 3.63) is 56.5 Å². The number of rotatable bonds is 2. The number of ether oxygens (including phenoxy) is 1. The van der Waals surface area contributed by atoms with Crippen molar-refractivity contribution in [1.82, 2.24) is 9.47 Å². The summed E-state index contributed by atoms with van der Waals surface area (Å²) in [6.45, 7) is 6.31. The Balaban J connectivity index is 1.69. The molecule has 9 heteroatoms. The number of carbonyl (C=O) groups excluding carboxylic acids is 2. The van der Waals surface area contributed by atoms with Crippen molar-refractivity contribution in [3.8, 4) is 16.8 Å². The Kier molecular flexibility index (Phi) is 4.29. The average Bonchev–Trinajstić information content (AvgIpc) is 3.56. The minimum Gasteiger partial charge on any atom is -0.494 e. The van der Waals surface area contributed by atoms with E-state index < -0.39 is 11.5 Å². The van der Waals surface area contributed by atoms with Crippen LogP contribution < -0.4 is 5.32 Å². The molecule has 1 saturated heterocycles. The maximum atomic E-state index is 13.8. The molecule has 176 valence electrons. The van der Waals surface area contributed by atoms with E-state index >= 15 is 0 Å². The predicted molar refractivity (Wildman–Crippen MR) is 127 cm³/mol. The third-order valence-electron chi connectivity index (χ3n) is 7.73. The number of fused-ring (bicyclic) bond motifs is 7. The predicted octanol–water partition coefficient (Wildman–Crippen LogP) is 4.01. The molecule has 5 heterocycles. The van der Waals surface area contributed by atoms with Crippen molar-refractivity contribution < 1.29 is 24.5 Å². The van der Waals surface area contributed by atoms with E-state index in [0.717, 1.165) is 40.1 Å². The molecule has 1 amide bonds.